The first-order valence-electron chi connectivity index (χ1n) is 7.81. The van der Waals surface area contributed by atoms with Crippen molar-refractivity contribution in [2.75, 3.05) is 25.5 Å². The number of nitrogens with zero attached hydrogens (tertiary/aromatic N) is 3. The van der Waals surface area contributed by atoms with E-state index in [1.807, 2.05) is 0 Å². The topological polar surface area (TPSA) is 111 Å². The van der Waals surface area contributed by atoms with Crippen LogP contribution >= 0.6 is 0 Å². The summed E-state index contributed by atoms with van der Waals surface area (Å²) in [5.74, 6) is 0.777. The van der Waals surface area contributed by atoms with Gasteiger partial charge >= 0.3 is 5.97 Å². The summed E-state index contributed by atoms with van der Waals surface area (Å²) in [6, 6.07) is 4.80. The average Bonchev–Trinajstić information content (AvgIpc) is 3.24. The van der Waals surface area contributed by atoms with Gasteiger partial charge in [0, 0.05) is 25.2 Å². The minimum atomic E-state index is -0.476. The molecule has 0 aromatic carbocycles. The van der Waals surface area contributed by atoms with Gasteiger partial charge in [-0.15, -0.1) is 0 Å². The van der Waals surface area contributed by atoms with E-state index in [9.17, 15) is 14.9 Å². The SMILES string of the molecule is COC(=O)c1ccoc1CN1CCC(Nc2ccc([N+](=O)[O-])cn2)C1. The van der Waals surface area contributed by atoms with Gasteiger partial charge in [-0.1, -0.05) is 0 Å². The molecule has 1 aliphatic heterocycles. The molecule has 2 aromatic heterocycles. The third kappa shape index (κ3) is 3.94. The fourth-order valence-electron chi connectivity index (χ4n) is 2.84. The second kappa shape index (κ2) is 7.31. The lowest BCUT2D eigenvalue weighted by atomic mass is 10.2. The van der Waals surface area contributed by atoms with Crippen molar-refractivity contribution in [3.05, 3.63) is 52.1 Å². The number of anilines is 1. The van der Waals surface area contributed by atoms with E-state index in [2.05, 4.69) is 15.2 Å². The van der Waals surface area contributed by atoms with Crippen LogP contribution < -0.4 is 5.32 Å². The smallest absolute Gasteiger partial charge is 0.341 e. The molecule has 0 spiro atoms. The van der Waals surface area contributed by atoms with Crippen LogP contribution in [-0.2, 0) is 11.3 Å². The molecule has 1 atom stereocenters. The van der Waals surface area contributed by atoms with Crippen LogP contribution in [0.15, 0.2) is 35.1 Å². The number of likely N-dealkylation sites (tertiary alicyclic amines) is 1. The summed E-state index contributed by atoms with van der Waals surface area (Å²) in [4.78, 5) is 28.1. The first-order chi connectivity index (χ1) is 12.1. The van der Waals surface area contributed by atoms with E-state index < -0.39 is 10.9 Å². The van der Waals surface area contributed by atoms with Crippen LogP contribution in [0.3, 0.4) is 0 Å². The molecule has 3 heterocycles. The van der Waals surface area contributed by atoms with E-state index in [4.69, 9.17) is 9.15 Å². The van der Waals surface area contributed by atoms with E-state index in [-0.39, 0.29) is 11.7 Å². The average molecular weight is 346 g/mol. The molecule has 1 aliphatic rings. The predicted octanol–water partition coefficient (Wildman–Crippen LogP) is 2.06. The summed E-state index contributed by atoms with van der Waals surface area (Å²) in [6.07, 6.45) is 3.61. The van der Waals surface area contributed by atoms with Gasteiger partial charge in [-0.25, -0.2) is 9.78 Å². The van der Waals surface area contributed by atoms with Crippen molar-refractivity contribution in [2.24, 2.45) is 0 Å². The number of carbonyl (C=O) groups excluding carboxylic acids is 1. The van der Waals surface area contributed by atoms with Gasteiger partial charge in [-0.2, -0.15) is 0 Å². The highest BCUT2D eigenvalue weighted by molar-refractivity contribution is 5.90. The Morgan fingerprint density at radius 2 is 2.36 bits per heavy atom. The molecule has 0 bridgehead atoms. The van der Waals surface area contributed by atoms with Gasteiger partial charge in [0.2, 0.25) is 0 Å². The highest BCUT2D eigenvalue weighted by Gasteiger charge is 2.25. The highest BCUT2D eigenvalue weighted by Crippen LogP contribution is 2.20. The van der Waals surface area contributed by atoms with Crippen molar-refractivity contribution in [2.45, 2.75) is 19.0 Å². The number of hydrogen-bond donors (Lipinski definition) is 1. The Hall–Kier alpha value is -2.94. The van der Waals surface area contributed by atoms with Crippen molar-refractivity contribution >= 4 is 17.5 Å². The molecule has 1 fully saturated rings. The first kappa shape index (κ1) is 16.9. The summed E-state index contributed by atoms with van der Waals surface area (Å²) in [6.45, 7) is 2.11. The van der Waals surface area contributed by atoms with Crippen LogP contribution in [0.4, 0.5) is 11.5 Å². The van der Waals surface area contributed by atoms with Gasteiger partial charge in [0.15, 0.2) is 0 Å². The fraction of sp³-hybridized carbons (Fsp3) is 0.375. The Balaban J connectivity index is 1.56. The number of furan rings is 1. The minimum absolute atomic E-state index is 0.0354. The third-order valence-corrected chi connectivity index (χ3v) is 4.10. The van der Waals surface area contributed by atoms with E-state index in [1.54, 1.807) is 12.1 Å². The van der Waals surface area contributed by atoms with Gasteiger partial charge in [0.05, 0.1) is 24.8 Å². The van der Waals surface area contributed by atoms with E-state index >= 15 is 0 Å². The van der Waals surface area contributed by atoms with E-state index in [0.29, 0.717) is 23.7 Å². The number of pyridine rings is 1. The van der Waals surface area contributed by atoms with Crippen LogP contribution in [0.25, 0.3) is 0 Å². The van der Waals surface area contributed by atoms with Gasteiger partial charge in [0.25, 0.3) is 5.69 Å². The van der Waals surface area contributed by atoms with Crippen molar-refractivity contribution in [1.29, 1.82) is 0 Å². The summed E-state index contributed by atoms with van der Waals surface area (Å²) in [5.41, 5.74) is 0.405. The quantitative estimate of drug-likeness (QED) is 0.481. The zero-order chi connectivity index (χ0) is 17.8. The normalized spacial score (nSPS) is 17.4. The van der Waals surface area contributed by atoms with E-state index in [0.717, 1.165) is 19.5 Å². The number of esters is 1. The van der Waals surface area contributed by atoms with Crippen LogP contribution in [-0.4, -0.2) is 47.0 Å². The Morgan fingerprint density at radius 1 is 1.52 bits per heavy atom. The maximum Gasteiger partial charge on any atom is 0.341 e. The van der Waals surface area contributed by atoms with Gasteiger partial charge in [-0.05, 0) is 18.6 Å². The van der Waals surface area contributed by atoms with Crippen molar-refractivity contribution < 1.29 is 18.9 Å². The fourth-order valence-corrected chi connectivity index (χ4v) is 2.84. The van der Waals surface area contributed by atoms with Gasteiger partial charge < -0.3 is 14.5 Å². The molecule has 1 unspecified atom stereocenters. The maximum atomic E-state index is 11.7. The Morgan fingerprint density at radius 3 is 3.04 bits per heavy atom. The second-order valence-electron chi connectivity index (χ2n) is 5.77. The number of hydrogen-bond acceptors (Lipinski definition) is 8. The van der Waals surface area contributed by atoms with Crippen LogP contribution in [0.2, 0.25) is 0 Å². The molecule has 3 rings (SSSR count). The lowest BCUT2D eigenvalue weighted by Crippen LogP contribution is -2.26. The summed E-state index contributed by atoms with van der Waals surface area (Å²) in [7, 11) is 1.34. The number of aromatic nitrogens is 1. The molecule has 9 nitrogen and oxygen atoms in total. The lowest BCUT2D eigenvalue weighted by molar-refractivity contribution is -0.385. The molecular weight excluding hydrogens is 328 g/mol. The number of nitrogens with one attached hydrogen (secondary N) is 1. The lowest BCUT2D eigenvalue weighted by Gasteiger charge is -2.16. The molecule has 132 valence electrons. The monoisotopic (exact) mass is 346 g/mol. The largest absolute Gasteiger partial charge is 0.467 e. The Labute approximate surface area is 143 Å². The van der Waals surface area contributed by atoms with Gasteiger partial charge in [-0.3, -0.25) is 15.0 Å². The molecule has 2 aromatic rings. The third-order valence-electron chi connectivity index (χ3n) is 4.10. The minimum Gasteiger partial charge on any atom is -0.467 e. The summed E-state index contributed by atoms with van der Waals surface area (Å²) in [5, 5.41) is 13.9. The second-order valence-corrected chi connectivity index (χ2v) is 5.77. The van der Waals surface area contributed by atoms with Gasteiger partial charge in [0.1, 0.15) is 23.3 Å². The van der Waals surface area contributed by atoms with Crippen LogP contribution in [0, 0.1) is 10.1 Å². The Kier molecular flexibility index (Phi) is 4.94. The first-order valence-corrected chi connectivity index (χ1v) is 7.81. The predicted molar refractivity (Wildman–Crippen MR) is 88.2 cm³/mol. The number of carbonyl (C=O) groups is 1. The van der Waals surface area contributed by atoms with Crippen molar-refractivity contribution in [3.8, 4) is 0 Å². The zero-order valence-electron chi connectivity index (χ0n) is 13.7. The molecule has 1 saturated heterocycles. The molecule has 25 heavy (non-hydrogen) atoms. The van der Waals surface area contributed by atoms with E-state index in [1.165, 1.54) is 25.6 Å². The summed E-state index contributed by atoms with van der Waals surface area (Å²) >= 11 is 0. The molecule has 0 radical (unpaired) electrons. The Bertz CT molecular complexity index is 758. The molecule has 0 amide bonds. The van der Waals surface area contributed by atoms with Crippen molar-refractivity contribution in [1.82, 2.24) is 9.88 Å². The molecular formula is C16H18N4O5. The number of nitro groups is 1. The molecule has 1 N–H and O–H groups in total. The number of ether oxygens (including phenoxy) is 1. The molecule has 0 saturated carbocycles. The number of methoxy groups -OCH3 is 1. The van der Waals surface area contributed by atoms with Crippen LogP contribution in [0.1, 0.15) is 22.5 Å². The zero-order valence-corrected chi connectivity index (χ0v) is 13.7. The van der Waals surface area contributed by atoms with Crippen molar-refractivity contribution in [3.63, 3.8) is 0 Å². The molecule has 9 heteroatoms. The summed E-state index contributed by atoms with van der Waals surface area (Å²) < 4.78 is 10.1. The highest BCUT2D eigenvalue weighted by atomic mass is 16.6. The molecule has 0 aliphatic carbocycles. The van der Waals surface area contributed by atoms with Crippen LogP contribution in [0.5, 0.6) is 0 Å². The number of rotatable bonds is 6. The standard InChI is InChI=1S/C16H18N4O5/c1-24-16(21)13-5-7-25-14(13)10-19-6-4-11(9-19)18-15-3-2-12(8-17-15)20(22)23/h2-3,5,7-8,11H,4,6,9-10H2,1H3,(H,17,18). The maximum absolute atomic E-state index is 11.7.